The number of nitrogens with one attached hydrogen (secondary N) is 1. The van der Waals surface area contributed by atoms with Crippen LogP contribution in [0.25, 0.3) is 21.5 Å². The van der Waals surface area contributed by atoms with Crippen LogP contribution in [-0.2, 0) is 0 Å². The van der Waals surface area contributed by atoms with E-state index in [-0.39, 0.29) is 5.78 Å². The highest BCUT2D eigenvalue weighted by Gasteiger charge is 2.20. The lowest BCUT2D eigenvalue weighted by Crippen LogP contribution is -2.11. The maximum absolute atomic E-state index is 11.9. The minimum absolute atomic E-state index is 0.0951. The number of carbonyl (C=O) groups excluding carboxylic acids is 1. The molecule has 0 atom stereocenters. The number of carbonyl (C=O) groups is 1. The molecule has 26 heavy (non-hydrogen) atoms. The number of ketones is 1. The first-order chi connectivity index (χ1) is 12.3. The Balaban J connectivity index is 2.25. The monoisotopic (exact) mass is 408 g/mol. The first-order valence-electron chi connectivity index (χ1n) is 8.08. The molecule has 0 aliphatic carbocycles. The summed E-state index contributed by atoms with van der Waals surface area (Å²) >= 11 is 13.5. The molecule has 0 unspecified atom stereocenters. The highest BCUT2D eigenvalue weighted by molar-refractivity contribution is 7.21. The van der Waals surface area contributed by atoms with E-state index in [1.165, 1.54) is 18.3 Å². The summed E-state index contributed by atoms with van der Waals surface area (Å²) in [4.78, 5) is 22.2. The zero-order chi connectivity index (χ0) is 19.0. The van der Waals surface area contributed by atoms with Crippen molar-refractivity contribution in [2.45, 2.75) is 20.8 Å². The highest BCUT2D eigenvalue weighted by Crippen LogP contribution is 2.40. The molecule has 0 aliphatic heterocycles. The second-order valence-corrected chi connectivity index (χ2v) is 8.19. The maximum Gasteiger partial charge on any atom is 0.224 e. The van der Waals surface area contributed by atoms with Crippen LogP contribution < -0.4 is 11.1 Å². The van der Waals surface area contributed by atoms with E-state index in [9.17, 15) is 4.79 Å². The van der Waals surface area contributed by atoms with Gasteiger partial charge in [0, 0.05) is 19.0 Å². The lowest BCUT2D eigenvalue weighted by Gasteiger charge is -2.11. The first-order valence-corrected chi connectivity index (χ1v) is 9.65. The predicted octanol–water partition coefficient (Wildman–Crippen LogP) is 5.52. The van der Waals surface area contributed by atoms with Gasteiger partial charge in [-0.05, 0) is 18.1 Å². The number of benzene rings is 1. The van der Waals surface area contributed by atoms with Crippen LogP contribution in [0.4, 0.5) is 11.6 Å². The second kappa shape index (κ2) is 7.39. The third-order valence-corrected chi connectivity index (χ3v) is 5.71. The van der Waals surface area contributed by atoms with Crippen LogP contribution in [0, 0.1) is 5.92 Å². The fourth-order valence-electron chi connectivity index (χ4n) is 2.51. The Hall–Kier alpha value is -1.89. The van der Waals surface area contributed by atoms with E-state index in [0.29, 0.717) is 48.4 Å². The summed E-state index contributed by atoms with van der Waals surface area (Å²) in [6.45, 7) is 6.42. The third kappa shape index (κ3) is 3.63. The molecule has 0 aliphatic rings. The SMILES string of the molecule is CC(=O)c1sc2nc(NCC(C)C)nc(-c3ccc(Cl)c(Cl)c3)c2c1N. The number of nitrogens with zero attached hydrogens (tertiary/aromatic N) is 2. The van der Waals surface area contributed by atoms with Gasteiger partial charge in [0.25, 0.3) is 0 Å². The van der Waals surface area contributed by atoms with Crippen LogP contribution in [-0.4, -0.2) is 22.3 Å². The van der Waals surface area contributed by atoms with Gasteiger partial charge in [0.05, 0.1) is 31.7 Å². The number of thiophene rings is 1. The van der Waals surface area contributed by atoms with E-state index < -0.39 is 0 Å². The maximum atomic E-state index is 11.9. The molecule has 0 spiro atoms. The average Bonchev–Trinajstić information content (AvgIpc) is 2.92. The number of halogens is 2. The number of Topliss-reactive ketones (excluding diaryl/α,β-unsaturated/α-hetero) is 1. The van der Waals surface area contributed by atoms with Crippen molar-refractivity contribution in [3.05, 3.63) is 33.1 Å². The molecule has 0 saturated carbocycles. The van der Waals surface area contributed by atoms with Gasteiger partial charge in [0.15, 0.2) is 5.78 Å². The molecule has 3 N–H and O–H groups in total. The largest absolute Gasteiger partial charge is 0.397 e. The lowest BCUT2D eigenvalue weighted by atomic mass is 10.1. The molecule has 2 heterocycles. The number of fused-ring (bicyclic) bond motifs is 1. The fourth-order valence-corrected chi connectivity index (χ4v) is 3.80. The minimum atomic E-state index is -0.0951. The van der Waals surface area contributed by atoms with E-state index in [2.05, 4.69) is 29.1 Å². The Kier molecular flexibility index (Phi) is 5.37. The fraction of sp³-hybridized carbons (Fsp3) is 0.278. The third-order valence-electron chi connectivity index (χ3n) is 3.77. The van der Waals surface area contributed by atoms with Gasteiger partial charge in [-0.1, -0.05) is 43.1 Å². The van der Waals surface area contributed by atoms with E-state index in [1.807, 2.05) is 6.07 Å². The van der Waals surface area contributed by atoms with E-state index in [1.54, 1.807) is 12.1 Å². The number of hydrogen-bond donors (Lipinski definition) is 2. The van der Waals surface area contributed by atoms with E-state index in [0.717, 1.165) is 12.1 Å². The Labute approximate surface area is 165 Å². The molecule has 1 aromatic carbocycles. The number of rotatable bonds is 5. The Morgan fingerprint density at radius 2 is 2.00 bits per heavy atom. The molecule has 2 aromatic heterocycles. The van der Waals surface area contributed by atoms with Gasteiger partial charge < -0.3 is 11.1 Å². The smallest absolute Gasteiger partial charge is 0.224 e. The van der Waals surface area contributed by atoms with Gasteiger partial charge in [-0.2, -0.15) is 0 Å². The van der Waals surface area contributed by atoms with Gasteiger partial charge in [-0.25, -0.2) is 9.97 Å². The highest BCUT2D eigenvalue weighted by atomic mass is 35.5. The van der Waals surface area contributed by atoms with E-state index in [4.69, 9.17) is 28.9 Å². The first kappa shape index (κ1) is 18.9. The Morgan fingerprint density at radius 1 is 1.27 bits per heavy atom. The van der Waals surface area contributed by atoms with Crippen molar-refractivity contribution in [1.29, 1.82) is 0 Å². The van der Waals surface area contributed by atoms with Crippen molar-refractivity contribution in [3.63, 3.8) is 0 Å². The number of aromatic nitrogens is 2. The van der Waals surface area contributed by atoms with Crippen molar-refractivity contribution >= 4 is 62.2 Å². The van der Waals surface area contributed by atoms with Crippen molar-refractivity contribution in [2.24, 2.45) is 5.92 Å². The summed E-state index contributed by atoms with van der Waals surface area (Å²) in [7, 11) is 0. The summed E-state index contributed by atoms with van der Waals surface area (Å²) in [6.07, 6.45) is 0. The molecule has 0 radical (unpaired) electrons. The standard InChI is InChI=1S/C18H18Cl2N4OS/c1-8(2)7-22-18-23-15(10-4-5-11(19)12(20)6-10)13-14(21)16(9(3)25)26-17(13)24-18/h4-6,8H,7,21H2,1-3H3,(H,22,23,24). The number of hydrogen-bond acceptors (Lipinski definition) is 6. The Bertz CT molecular complexity index is 1000. The molecular weight excluding hydrogens is 391 g/mol. The van der Waals surface area contributed by atoms with Gasteiger partial charge in [-0.15, -0.1) is 11.3 Å². The molecule has 136 valence electrons. The summed E-state index contributed by atoms with van der Waals surface area (Å²) in [5, 5.41) is 4.77. The summed E-state index contributed by atoms with van der Waals surface area (Å²) in [5.41, 5.74) is 8.03. The van der Waals surface area contributed by atoms with Crippen LogP contribution in [0.15, 0.2) is 18.2 Å². The molecule has 3 aromatic rings. The van der Waals surface area contributed by atoms with Gasteiger partial charge >= 0.3 is 0 Å². The van der Waals surface area contributed by atoms with Crippen molar-refractivity contribution in [1.82, 2.24) is 9.97 Å². The van der Waals surface area contributed by atoms with Crippen LogP contribution in [0.2, 0.25) is 10.0 Å². The molecular formula is C18H18Cl2N4OS. The quantitative estimate of drug-likeness (QED) is 0.543. The lowest BCUT2D eigenvalue weighted by molar-refractivity contribution is 0.102. The molecule has 5 nitrogen and oxygen atoms in total. The minimum Gasteiger partial charge on any atom is -0.397 e. The number of nitrogen functional groups attached to an aromatic ring is 1. The zero-order valence-corrected chi connectivity index (χ0v) is 16.9. The molecule has 3 rings (SSSR count). The zero-order valence-electron chi connectivity index (χ0n) is 14.6. The van der Waals surface area contributed by atoms with Gasteiger partial charge in [0.1, 0.15) is 4.83 Å². The average molecular weight is 409 g/mol. The number of nitrogens with two attached hydrogens (primary N) is 1. The molecule has 8 heteroatoms. The van der Waals surface area contributed by atoms with Crippen molar-refractivity contribution in [2.75, 3.05) is 17.6 Å². The van der Waals surface area contributed by atoms with Crippen molar-refractivity contribution < 1.29 is 4.79 Å². The van der Waals surface area contributed by atoms with Crippen LogP contribution in [0.1, 0.15) is 30.4 Å². The van der Waals surface area contributed by atoms with Crippen LogP contribution >= 0.6 is 34.5 Å². The molecule has 0 amide bonds. The summed E-state index contributed by atoms with van der Waals surface area (Å²) in [5.74, 6) is 0.829. The van der Waals surface area contributed by atoms with Gasteiger partial charge in [0.2, 0.25) is 5.95 Å². The van der Waals surface area contributed by atoms with E-state index >= 15 is 0 Å². The van der Waals surface area contributed by atoms with Crippen LogP contribution in [0.3, 0.4) is 0 Å². The van der Waals surface area contributed by atoms with Crippen LogP contribution in [0.5, 0.6) is 0 Å². The summed E-state index contributed by atoms with van der Waals surface area (Å²) < 4.78 is 0. The number of anilines is 2. The van der Waals surface area contributed by atoms with Crippen molar-refractivity contribution in [3.8, 4) is 11.3 Å². The molecule has 0 bridgehead atoms. The predicted molar refractivity (Wildman–Crippen MR) is 111 cm³/mol. The Morgan fingerprint density at radius 3 is 2.62 bits per heavy atom. The normalized spacial score (nSPS) is 11.3. The second-order valence-electron chi connectivity index (χ2n) is 6.38. The molecule has 0 saturated heterocycles. The summed E-state index contributed by atoms with van der Waals surface area (Å²) in [6, 6.07) is 5.28. The van der Waals surface area contributed by atoms with Gasteiger partial charge in [-0.3, -0.25) is 4.79 Å². The molecule has 0 fully saturated rings. The topological polar surface area (TPSA) is 80.9 Å².